The maximum Gasteiger partial charge on any atom is 0.408 e. The first kappa shape index (κ1) is 46.1. The molecule has 3 aromatic carbocycles. The van der Waals surface area contributed by atoms with E-state index < -0.39 is 59.7 Å². The Morgan fingerprint density at radius 3 is 2.07 bits per heavy atom. The minimum absolute atomic E-state index is 0.00427. The molecule has 1 radical (unpaired) electrons. The zero-order valence-corrected chi connectivity index (χ0v) is 35.3. The third-order valence-corrected chi connectivity index (χ3v) is 9.59. The SMILES string of the molecule is CC(C)C[C@H](NC(=O)C[C@H](O)[C@H](CC(C)C)NC(=O)[C@H](Cc1c[nH]cn1)NC(=O)[C@H](Cc1ccccc1)NC(=O)OC(C)(C)C)C(=O)[CH]Cc1cccc2ccccc12. The second-order valence-electron chi connectivity index (χ2n) is 16.9. The van der Waals surface area contributed by atoms with Crippen LogP contribution in [0.2, 0.25) is 0 Å². The first-order chi connectivity index (χ1) is 28.0. The van der Waals surface area contributed by atoms with Gasteiger partial charge in [-0.05, 0) is 73.8 Å². The molecule has 0 aliphatic heterocycles. The van der Waals surface area contributed by atoms with Crippen molar-refractivity contribution < 1.29 is 33.8 Å². The Balaban J connectivity index is 1.46. The number of alkyl carbamates (subject to hydrolysis) is 1. The normalized spacial score (nSPS) is 14.2. The summed E-state index contributed by atoms with van der Waals surface area (Å²) in [5, 5.41) is 24.8. The van der Waals surface area contributed by atoms with Crippen LogP contribution in [0.4, 0.5) is 4.79 Å². The number of hydrogen-bond acceptors (Lipinski definition) is 8. The molecule has 0 aliphatic rings. The fourth-order valence-electron chi connectivity index (χ4n) is 6.83. The van der Waals surface area contributed by atoms with Gasteiger partial charge in [-0.2, -0.15) is 0 Å². The average molecular weight is 810 g/mol. The van der Waals surface area contributed by atoms with Gasteiger partial charge in [0.05, 0.1) is 36.6 Å². The minimum atomic E-state index is -1.32. The topological polar surface area (TPSA) is 192 Å². The monoisotopic (exact) mass is 809 g/mol. The number of ketones is 1. The van der Waals surface area contributed by atoms with Gasteiger partial charge in [0.2, 0.25) is 17.7 Å². The van der Waals surface area contributed by atoms with Crippen LogP contribution >= 0.6 is 0 Å². The number of amides is 4. The highest BCUT2D eigenvalue weighted by atomic mass is 16.6. The van der Waals surface area contributed by atoms with E-state index in [1.807, 2.05) is 100 Å². The number of nitrogens with zero attached hydrogens (tertiary/aromatic N) is 1. The van der Waals surface area contributed by atoms with Gasteiger partial charge in [0.25, 0.3) is 0 Å². The van der Waals surface area contributed by atoms with Crippen molar-refractivity contribution in [3.63, 3.8) is 0 Å². The number of rotatable bonds is 21. The fourth-order valence-corrected chi connectivity index (χ4v) is 6.83. The number of imidazole rings is 1. The second kappa shape index (κ2) is 22.0. The predicted molar refractivity (Wildman–Crippen MR) is 228 cm³/mol. The van der Waals surface area contributed by atoms with Gasteiger partial charge in [0.15, 0.2) is 5.78 Å². The molecule has 0 saturated carbocycles. The molecule has 13 nitrogen and oxygen atoms in total. The molecule has 4 amide bonds. The van der Waals surface area contributed by atoms with Crippen molar-refractivity contribution in [2.24, 2.45) is 11.8 Å². The van der Waals surface area contributed by atoms with Gasteiger partial charge in [-0.25, -0.2) is 9.78 Å². The van der Waals surface area contributed by atoms with Crippen LogP contribution in [-0.2, 0) is 43.2 Å². The summed E-state index contributed by atoms with van der Waals surface area (Å²) in [4.78, 5) is 75.0. The number of nitrogens with one attached hydrogen (secondary N) is 5. The Kier molecular flexibility index (Phi) is 17.2. The van der Waals surface area contributed by atoms with Crippen LogP contribution in [0, 0.1) is 18.3 Å². The molecule has 13 heteroatoms. The van der Waals surface area contributed by atoms with Gasteiger partial charge < -0.3 is 36.1 Å². The number of Topliss-reactive ketones (excluding diaryl/α,β-unsaturated/α-hetero) is 1. The number of hydrogen-bond donors (Lipinski definition) is 6. The summed E-state index contributed by atoms with van der Waals surface area (Å²) < 4.78 is 5.44. The molecule has 59 heavy (non-hydrogen) atoms. The van der Waals surface area contributed by atoms with E-state index in [-0.39, 0.29) is 36.9 Å². The van der Waals surface area contributed by atoms with Gasteiger partial charge in [-0.15, -0.1) is 0 Å². The third kappa shape index (κ3) is 15.6. The molecule has 0 spiro atoms. The Labute approximate surface area is 347 Å². The van der Waals surface area contributed by atoms with Crippen molar-refractivity contribution in [3.8, 4) is 0 Å². The molecule has 5 atom stereocenters. The van der Waals surface area contributed by atoms with Crippen molar-refractivity contribution in [3.05, 3.63) is 109 Å². The number of aromatic amines is 1. The lowest BCUT2D eigenvalue weighted by Gasteiger charge is -2.29. The molecule has 0 aliphatic carbocycles. The van der Waals surface area contributed by atoms with Crippen LogP contribution in [0.15, 0.2) is 85.3 Å². The van der Waals surface area contributed by atoms with Crippen LogP contribution < -0.4 is 21.3 Å². The summed E-state index contributed by atoms with van der Waals surface area (Å²) in [5.41, 5.74) is 1.45. The van der Waals surface area contributed by atoms with Crippen LogP contribution in [0.1, 0.15) is 84.5 Å². The first-order valence-corrected chi connectivity index (χ1v) is 20.4. The zero-order chi connectivity index (χ0) is 43.1. The predicted octanol–water partition coefficient (Wildman–Crippen LogP) is 5.56. The molecule has 0 bridgehead atoms. The number of aromatic nitrogens is 2. The van der Waals surface area contributed by atoms with Crippen LogP contribution in [0.25, 0.3) is 10.8 Å². The van der Waals surface area contributed by atoms with Gasteiger partial charge in [-0.1, -0.05) is 100 Å². The Hall–Kier alpha value is -5.56. The fraction of sp³-hybridized carbons (Fsp3) is 0.457. The highest BCUT2D eigenvalue weighted by molar-refractivity contribution is 5.96. The number of aliphatic hydroxyl groups excluding tert-OH is 1. The highest BCUT2D eigenvalue weighted by Crippen LogP contribution is 2.21. The van der Waals surface area contributed by atoms with Crippen molar-refractivity contribution in [1.82, 2.24) is 31.2 Å². The number of ether oxygens (including phenoxy) is 1. The number of fused-ring (bicyclic) bond motifs is 1. The van der Waals surface area contributed by atoms with Gasteiger partial charge in [0.1, 0.15) is 17.7 Å². The van der Waals surface area contributed by atoms with E-state index in [1.165, 1.54) is 6.33 Å². The number of carbonyl (C=O) groups is 5. The summed E-state index contributed by atoms with van der Waals surface area (Å²) in [6, 6.07) is 19.1. The summed E-state index contributed by atoms with van der Waals surface area (Å²) in [6.07, 6.45) is 3.40. The number of H-pyrrole nitrogens is 1. The minimum Gasteiger partial charge on any atom is -0.444 e. The molecule has 0 saturated heterocycles. The quantitative estimate of drug-likeness (QED) is 0.0631. The van der Waals surface area contributed by atoms with Crippen LogP contribution in [0.5, 0.6) is 0 Å². The average Bonchev–Trinajstić information content (AvgIpc) is 3.68. The Morgan fingerprint density at radius 2 is 1.41 bits per heavy atom. The van der Waals surface area contributed by atoms with Crippen LogP contribution in [-0.4, -0.2) is 80.5 Å². The molecular formula is C46H61N6O7. The maximum atomic E-state index is 14.1. The largest absolute Gasteiger partial charge is 0.444 e. The third-order valence-electron chi connectivity index (χ3n) is 9.59. The molecule has 4 aromatic rings. The molecule has 317 valence electrons. The van der Waals surface area contributed by atoms with Crippen molar-refractivity contribution in [2.75, 3.05) is 0 Å². The van der Waals surface area contributed by atoms with E-state index >= 15 is 0 Å². The van der Waals surface area contributed by atoms with Crippen molar-refractivity contribution in [1.29, 1.82) is 0 Å². The Bertz CT molecular complexity index is 1970. The molecule has 1 aromatic heterocycles. The molecule has 0 unspecified atom stereocenters. The molecule has 0 fully saturated rings. The van der Waals surface area contributed by atoms with E-state index in [9.17, 15) is 29.1 Å². The lowest BCUT2D eigenvalue weighted by Crippen LogP contribution is -2.58. The van der Waals surface area contributed by atoms with Gasteiger partial charge in [-0.3, -0.25) is 19.2 Å². The summed E-state index contributed by atoms with van der Waals surface area (Å²) in [5.74, 6) is -1.89. The molecule has 4 rings (SSSR count). The summed E-state index contributed by atoms with van der Waals surface area (Å²) >= 11 is 0. The molecular weight excluding hydrogens is 749 g/mol. The maximum absolute atomic E-state index is 14.1. The smallest absolute Gasteiger partial charge is 0.408 e. The van der Waals surface area contributed by atoms with E-state index in [0.717, 1.165) is 21.9 Å². The van der Waals surface area contributed by atoms with E-state index in [2.05, 4.69) is 31.2 Å². The zero-order valence-electron chi connectivity index (χ0n) is 35.3. The van der Waals surface area contributed by atoms with E-state index in [4.69, 9.17) is 4.74 Å². The molecule has 1 heterocycles. The van der Waals surface area contributed by atoms with E-state index in [1.54, 1.807) is 33.4 Å². The standard InChI is InChI=1S/C46H61N6O7/c1-29(2)22-36(40(53)21-20-33-18-13-17-32-16-11-12-19-35(32)33)49-42(55)26-41(54)37(23-30(3)4)50-44(57)39(25-34-27-47-28-48-34)51-43(56)38(24-31-14-9-8-10-15-31)52-45(58)59-46(5,6)7/h8-19,21,27-30,36-39,41,54H,20,22-26H2,1-7H3,(H,47,48)(H,49,55)(H,50,57)(H,51,56)(H,52,58)/t36-,37-,38-,39-,41-/m0/s1. The summed E-state index contributed by atoms with van der Waals surface area (Å²) in [6.45, 7) is 12.9. The van der Waals surface area contributed by atoms with Crippen molar-refractivity contribution >= 4 is 40.4 Å². The van der Waals surface area contributed by atoms with Gasteiger partial charge in [0, 0.05) is 25.5 Å². The second-order valence-corrected chi connectivity index (χ2v) is 16.9. The first-order valence-electron chi connectivity index (χ1n) is 20.4. The lowest BCUT2D eigenvalue weighted by molar-refractivity contribution is -0.131. The summed E-state index contributed by atoms with van der Waals surface area (Å²) in [7, 11) is 0. The number of aliphatic hydroxyl groups is 1. The number of carbonyl (C=O) groups excluding carboxylic acids is 5. The Morgan fingerprint density at radius 1 is 0.763 bits per heavy atom. The van der Waals surface area contributed by atoms with E-state index in [0.29, 0.717) is 25.0 Å². The highest BCUT2D eigenvalue weighted by Gasteiger charge is 2.33. The lowest BCUT2D eigenvalue weighted by atomic mass is 9.93. The number of benzene rings is 3. The van der Waals surface area contributed by atoms with Crippen molar-refractivity contribution in [2.45, 2.75) is 123 Å². The molecule has 6 N–H and O–H groups in total. The van der Waals surface area contributed by atoms with Crippen LogP contribution in [0.3, 0.4) is 0 Å². The van der Waals surface area contributed by atoms with Gasteiger partial charge >= 0.3 is 6.09 Å².